The number of methoxy groups -OCH3 is 2. The Morgan fingerprint density at radius 3 is 1.88 bits per heavy atom. The van der Waals surface area contributed by atoms with Crippen LogP contribution in [0.1, 0.15) is 89.0 Å². The van der Waals surface area contributed by atoms with E-state index in [1.807, 2.05) is 11.8 Å². The van der Waals surface area contributed by atoms with Crippen molar-refractivity contribution in [3.63, 3.8) is 0 Å². The smallest absolute Gasteiger partial charge is 0.200 e. The third kappa shape index (κ3) is 8.57. The maximum Gasteiger partial charge on any atom is 0.200 e. The van der Waals surface area contributed by atoms with Gasteiger partial charge in [0.15, 0.2) is 14.6 Å². The van der Waals surface area contributed by atoms with Crippen LogP contribution in [0.3, 0.4) is 0 Å². The van der Waals surface area contributed by atoms with Gasteiger partial charge in [0.2, 0.25) is 8.32 Å². The van der Waals surface area contributed by atoms with Crippen molar-refractivity contribution in [2.75, 3.05) is 21.0 Å². The van der Waals surface area contributed by atoms with Gasteiger partial charge in [0.1, 0.15) is 18.3 Å². The Morgan fingerprint density at radius 2 is 1.40 bits per heavy atom. The normalized spacial score (nSPS) is 32.9. The highest BCUT2D eigenvalue weighted by atomic mass is 32.2. The van der Waals surface area contributed by atoms with Crippen molar-refractivity contribution in [2.24, 2.45) is 0 Å². The molecule has 0 radical (unpaired) electrons. The van der Waals surface area contributed by atoms with Gasteiger partial charge in [-0.05, 0) is 48.6 Å². The molecule has 0 spiro atoms. The molecule has 10 heteroatoms. The number of hydrogen-bond acceptors (Lipinski definition) is 8. The van der Waals surface area contributed by atoms with E-state index < -0.39 is 16.6 Å². The van der Waals surface area contributed by atoms with Gasteiger partial charge < -0.3 is 32.5 Å². The maximum atomic E-state index is 7.37. The average molecular weight is 623 g/mol. The Bertz CT molecular complexity index is 739. The number of rotatable bonds is 13. The molecule has 2 fully saturated rings. The summed E-state index contributed by atoms with van der Waals surface area (Å²) in [6, 6.07) is 0. The summed E-state index contributed by atoms with van der Waals surface area (Å²) in [7, 11) is -0.776. The highest BCUT2D eigenvalue weighted by molar-refractivity contribution is 8.00. The van der Waals surface area contributed by atoms with Crippen LogP contribution in [0, 0.1) is 0 Å². The van der Waals surface area contributed by atoms with Crippen molar-refractivity contribution >= 4 is 28.4 Å². The minimum Gasteiger partial charge on any atom is -0.413 e. The number of ether oxygens (including phenoxy) is 5. The molecule has 40 heavy (non-hydrogen) atoms. The third-order valence-corrected chi connectivity index (χ3v) is 21.7. The molecule has 0 aromatic heterocycles. The largest absolute Gasteiger partial charge is 0.413 e. The summed E-state index contributed by atoms with van der Waals surface area (Å²) < 4.78 is 44.6. The minimum atomic E-state index is -2.15. The quantitative estimate of drug-likeness (QED) is 0.152. The van der Waals surface area contributed by atoms with Crippen LogP contribution in [0.25, 0.3) is 0 Å². The molecular weight excluding hydrogens is 561 g/mol. The van der Waals surface area contributed by atoms with Gasteiger partial charge in [-0.1, -0.05) is 62.3 Å². The second-order valence-corrected chi connectivity index (χ2v) is 25.8. The van der Waals surface area contributed by atoms with E-state index in [1.54, 1.807) is 14.2 Å². The van der Waals surface area contributed by atoms with Crippen LogP contribution in [-0.2, 0) is 32.5 Å². The van der Waals surface area contributed by atoms with Gasteiger partial charge in [-0.2, -0.15) is 0 Å². The Kier molecular flexibility index (Phi) is 13.8. The maximum absolute atomic E-state index is 7.37. The van der Waals surface area contributed by atoms with Gasteiger partial charge >= 0.3 is 0 Å². The van der Waals surface area contributed by atoms with Gasteiger partial charge in [-0.25, -0.2) is 0 Å². The monoisotopic (exact) mass is 622 g/mol. The standard InChI is InChI=1S/C30H62O7SSi2/c1-19(2)40(20(3)4,21(5)6)37-24-17-27(35-22(7)28(24)33-18-31-12)38-29-23(8)34-26(32-13)16-25(29)36-39(14,15)30(9,10)11/h19-29H,16-18H2,1-15H3/t22?,23?,24-,25-,26-,27+,28?,29?/m1/s1. The van der Waals surface area contributed by atoms with Gasteiger partial charge in [-0.3, -0.25) is 0 Å². The molecule has 4 unspecified atom stereocenters. The average Bonchev–Trinajstić information content (AvgIpc) is 2.82. The van der Waals surface area contributed by atoms with Crippen molar-refractivity contribution in [3.8, 4) is 0 Å². The first-order chi connectivity index (χ1) is 18.4. The summed E-state index contributed by atoms with van der Waals surface area (Å²) in [6.07, 6.45) is 0.829. The van der Waals surface area contributed by atoms with E-state index in [0.29, 0.717) is 16.6 Å². The Morgan fingerprint density at radius 1 is 0.825 bits per heavy atom. The molecule has 7 nitrogen and oxygen atoms in total. The van der Waals surface area contributed by atoms with E-state index in [9.17, 15) is 0 Å². The van der Waals surface area contributed by atoms with Crippen LogP contribution in [0.5, 0.6) is 0 Å². The fourth-order valence-corrected chi connectivity index (χ4v) is 15.0. The van der Waals surface area contributed by atoms with Gasteiger partial charge in [0.25, 0.3) is 0 Å². The molecule has 0 amide bonds. The highest BCUT2D eigenvalue weighted by Crippen LogP contribution is 2.47. The van der Waals surface area contributed by atoms with Crippen LogP contribution < -0.4 is 0 Å². The molecule has 0 aromatic carbocycles. The first kappa shape index (κ1) is 36.7. The summed E-state index contributed by atoms with van der Waals surface area (Å²) in [5, 5.41) is 0.239. The molecule has 2 aliphatic rings. The summed E-state index contributed by atoms with van der Waals surface area (Å²) in [5.74, 6) is 0. The Balaban J connectivity index is 2.37. The summed E-state index contributed by atoms with van der Waals surface area (Å²) in [5.41, 5.74) is 1.40. The third-order valence-electron chi connectivity index (χ3n) is 9.51. The van der Waals surface area contributed by atoms with Crippen LogP contribution in [0.15, 0.2) is 0 Å². The van der Waals surface area contributed by atoms with Crippen molar-refractivity contribution < 1.29 is 32.5 Å². The topological polar surface area (TPSA) is 64.6 Å². The zero-order valence-electron chi connectivity index (χ0n) is 28.2. The zero-order valence-corrected chi connectivity index (χ0v) is 31.1. The van der Waals surface area contributed by atoms with Crippen LogP contribution >= 0.6 is 11.8 Å². The predicted octanol–water partition coefficient (Wildman–Crippen LogP) is 7.94. The van der Waals surface area contributed by atoms with Crippen molar-refractivity contribution in [3.05, 3.63) is 0 Å². The lowest BCUT2D eigenvalue weighted by Gasteiger charge is -2.50. The number of thioether (sulfide) groups is 1. The molecule has 238 valence electrons. The molecule has 0 saturated carbocycles. The second-order valence-electron chi connectivity index (χ2n) is 14.3. The summed E-state index contributed by atoms with van der Waals surface area (Å²) in [6.45, 7) is 30.0. The molecule has 0 N–H and O–H groups in total. The fourth-order valence-electron chi connectivity index (χ4n) is 6.46. The van der Waals surface area contributed by atoms with Crippen molar-refractivity contribution in [1.82, 2.24) is 0 Å². The first-order valence-corrected chi connectivity index (χ1v) is 21.4. The lowest BCUT2D eigenvalue weighted by molar-refractivity contribution is -0.196. The van der Waals surface area contributed by atoms with Gasteiger partial charge in [0.05, 0.1) is 29.7 Å². The SMILES string of the molecule is COCOC1C(C)O[C@@H](SC2C(C)O[C@@H](OC)C[C@H]2O[Si](C)(C)C(C)(C)C)C[C@H]1O[Si](C(C)C)(C(C)C)C(C)C. The number of hydrogen-bond donors (Lipinski definition) is 0. The van der Waals surface area contributed by atoms with E-state index in [0.717, 1.165) is 12.8 Å². The summed E-state index contributed by atoms with van der Waals surface area (Å²) >= 11 is 1.85. The highest BCUT2D eigenvalue weighted by Gasteiger charge is 2.51. The van der Waals surface area contributed by atoms with Gasteiger partial charge in [0, 0.05) is 27.1 Å². The Labute approximate surface area is 252 Å². The van der Waals surface area contributed by atoms with E-state index >= 15 is 0 Å². The molecule has 8 atom stereocenters. The predicted molar refractivity (Wildman–Crippen MR) is 171 cm³/mol. The van der Waals surface area contributed by atoms with Crippen molar-refractivity contribution in [2.45, 2.75) is 171 Å². The second kappa shape index (κ2) is 15.0. The molecule has 0 aromatic rings. The van der Waals surface area contributed by atoms with E-state index in [2.05, 4.69) is 89.3 Å². The lowest BCUT2D eigenvalue weighted by Crippen LogP contribution is -2.58. The molecule has 2 heterocycles. The molecule has 0 aliphatic carbocycles. The molecule has 0 bridgehead atoms. The van der Waals surface area contributed by atoms with Crippen LogP contribution in [0.2, 0.25) is 34.8 Å². The van der Waals surface area contributed by atoms with Crippen LogP contribution in [-0.4, -0.2) is 85.1 Å². The van der Waals surface area contributed by atoms with Gasteiger partial charge in [-0.15, -0.1) is 11.8 Å². The van der Waals surface area contributed by atoms with Crippen molar-refractivity contribution in [1.29, 1.82) is 0 Å². The Hall–Kier alpha value is 0.504. The molecule has 2 rings (SSSR count). The van der Waals surface area contributed by atoms with E-state index in [4.69, 9.17) is 32.5 Å². The van der Waals surface area contributed by atoms with E-state index in [-0.39, 0.29) is 59.3 Å². The molecular formula is C30H62O7SSi2. The first-order valence-electron chi connectivity index (χ1n) is 15.4. The fraction of sp³-hybridized carbons (Fsp3) is 1.00. The van der Waals surface area contributed by atoms with Crippen LogP contribution in [0.4, 0.5) is 0 Å². The zero-order chi connectivity index (χ0) is 30.6. The minimum absolute atomic E-state index is 0.0239. The molecule has 2 saturated heterocycles. The van der Waals surface area contributed by atoms with E-state index in [1.165, 1.54) is 0 Å². The summed E-state index contributed by atoms with van der Waals surface area (Å²) in [4.78, 5) is 0. The lowest BCUT2D eigenvalue weighted by atomic mass is 10.0. The molecule has 2 aliphatic heterocycles.